The number of rotatable bonds is 5. The van der Waals surface area contributed by atoms with Gasteiger partial charge in [-0.15, -0.1) is 0 Å². The second kappa shape index (κ2) is 6.27. The summed E-state index contributed by atoms with van der Waals surface area (Å²) in [5, 5.41) is 3.50. The van der Waals surface area contributed by atoms with Gasteiger partial charge >= 0.3 is 0 Å². The van der Waals surface area contributed by atoms with Crippen molar-refractivity contribution in [2.75, 3.05) is 11.4 Å². The van der Waals surface area contributed by atoms with Crippen LogP contribution < -0.4 is 10.2 Å². The quantitative estimate of drug-likeness (QED) is 0.848. The van der Waals surface area contributed by atoms with Crippen LogP contribution in [0.3, 0.4) is 0 Å². The van der Waals surface area contributed by atoms with E-state index >= 15 is 0 Å². The van der Waals surface area contributed by atoms with Gasteiger partial charge in [-0.05, 0) is 49.6 Å². The third-order valence-corrected chi connectivity index (χ3v) is 4.10. The largest absolute Gasteiger partial charge is 0.337 e. The molecule has 0 saturated heterocycles. The molecule has 3 heteroatoms. The number of aromatic nitrogens is 1. The summed E-state index contributed by atoms with van der Waals surface area (Å²) in [5.74, 6) is 0. The zero-order chi connectivity index (χ0) is 14.7. The van der Waals surface area contributed by atoms with Crippen LogP contribution in [-0.4, -0.2) is 17.6 Å². The predicted molar refractivity (Wildman–Crippen MR) is 88.0 cm³/mol. The molecule has 0 radical (unpaired) electrons. The van der Waals surface area contributed by atoms with Gasteiger partial charge in [0.1, 0.15) is 0 Å². The number of hydrogen-bond donors (Lipinski definition) is 1. The first-order valence-electron chi connectivity index (χ1n) is 7.82. The lowest BCUT2D eigenvalue weighted by Gasteiger charge is -2.27. The first-order valence-corrected chi connectivity index (χ1v) is 7.82. The number of anilines is 2. The van der Waals surface area contributed by atoms with E-state index in [1.165, 1.54) is 22.5 Å². The molecule has 2 aromatic rings. The molecule has 0 spiro atoms. The van der Waals surface area contributed by atoms with Gasteiger partial charge in [0.15, 0.2) is 0 Å². The second-order valence-electron chi connectivity index (χ2n) is 5.73. The Labute approximate surface area is 127 Å². The van der Waals surface area contributed by atoms with Crippen molar-refractivity contribution in [3.8, 4) is 0 Å². The van der Waals surface area contributed by atoms with Gasteiger partial charge in [-0.1, -0.05) is 25.1 Å². The van der Waals surface area contributed by atoms with Crippen LogP contribution in [0.4, 0.5) is 11.4 Å². The molecule has 1 aromatic carbocycles. The number of nitrogens with zero attached hydrogens (tertiary/aromatic N) is 2. The Morgan fingerprint density at radius 1 is 1.24 bits per heavy atom. The number of nitrogens with one attached hydrogen (secondary N) is 1. The minimum Gasteiger partial charge on any atom is -0.337 e. The predicted octanol–water partition coefficient (Wildman–Crippen LogP) is 3.66. The first-order chi connectivity index (χ1) is 10.3. The van der Waals surface area contributed by atoms with E-state index in [0.29, 0.717) is 6.04 Å². The van der Waals surface area contributed by atoms with Crippen LogP contribution >= 0.6 is 0 Å². The van der Waals surface area contributed by atoms with Crippen molar-refractivity contribution in [2.45, 2.75) is 39.3 Å². The van der Waals surface area contributed by atoms with Gasteiger partial charge in [0.05, 0.1) is 11.9 Å². The van der Waals surface area contributed by atoms with Crippen LogP contribution in [-0.2, 0) is 13.0 Å². The minimum absolute atomic E-state index is 0.483. The smallest absolute Gasteiger partial charge is 0.0645 e. The van der Waals surface area contributed by atoms with Crippen molar-refractivity contribution < 1.29 is 0 Å². The molecular weight excluding hydrogens is 258 g/mol. The first kappa shape index (κ1) is 14.1. The molecule has 0 amide bonds. The lowest BCUT2D eigenvalue weighted by atomic mass is 10.1. The molecule has 1 aromatic heterocycles. The molecule has 1 atom stereocenters. The van der Waals surface area contributed by atoms with E-state index in [4.69, 9.17) is 0 Å². The molecule has 1 unspecified atom stereocenters. The summed E-state index contributed by atoms with van der Waals surface area (Å²) in [6, 6.07) is 11.3. The zero-order valence-electron chi connectivity index (χ0n) is 12.8. The molecule has 110 valence electrons. The Balaban J connectivity index is 1.93. The zero-order valence-corrected chi connectivity index (χ0v) is 12.8. The topological polar surface area (TPSA) is 28.2 Å². The van der Waals surface area contributed by atoms with Gasteiger partial charge in [-0.3, -0.25) is 4.98 Å². The number of pyridine rings is 1. The third-order valence-electron chi connectivity index (χ3n) is 4.10. The molecule has 3 nitrogen and oxygen atoms in total. The molecule has 0 fully saturated rings. The molecule has 3 rings (SSSR count). The van der Waals surface area contributed by atoms with Gasteiger partial charge in [0.25, 0.3) is 0 Å². The number of para-hydroxylation sites is 1. The summed E-state index contributed by atoms with van der Waals surface area (Å²) in [6.45, 7) is 6.43. The lowest BCUT2D eigenvalue weighted by Crippen LogP contribution is -2.26. The van der Waals surface area contributed by atoms with E-state index < -0.39 is 0 Å². The van der Waals surface area contributed by atoms with E-state index in [9.17, 15) is 0 Å². The van der Waals surface area contributed by atoms with Crippen LogP contribution in [0.25, 0.3) is 0 Å². The average molecular weight is 281 g/mol. The van der Waals surface area contributed by atoms with Crippen molar-refractivity contribution >= 4 is 11.4 Å². The summed E-state index contributed by atoms with van der Waals surface area (Å²) in [4.78, 5) is 6.79. The van der Waals surface area contributed by atoms with Crippen LogP contribution in [0.5, 0.6) is 0 Å². The van der Waals surface area contributed by atoms with Crippen molar-refractivity contribution in [1.82, 2.24) is 10.3 Å². The lowest BCUT2D eigenvalue weighted by molar-refractivity contribution is 0.670. The SMILES string of the molecule is CCCNCc1ccncc1N1c2ccccc2CC1C. The molecular formula is C18H23N3. The summed E-state index contributed by atoms with van der Waals surface area (Å²) in [5.41, 5.74) is 5.32. The van der Waals surface area contributed by atoms with Gasteiger partial charge in [-0.25, -0.2) is 0 Å². The highest BCUT2D eigenvalue weighted by molar-refractivity contribution is 5.72. The number of fused-ring (bicyclic) bond motifs is 1. The summed E-state index contributed by atoms with van der Waals surface area (Å²) < 4.78 is 0. The fourth-order valence-corrected chi connectivity index (χ4v) is 3.11. The van der Waals surface area contributed by atoms with E-state index in [-0.39, 0.29) is 0 Å². The Bertz CT molecular complexity index is 609. The van der Waals surface area contributed by atoms with Gasteiger partial charge in [0, 0.05) is 24.5 Å². The maximum absolute atomic E-state index is 4.36. The highest BCUT2D eigenvalue weighted by atomic mass is 15.2. The summed E-state index contributed by atoms with van der Waals surface area (Å²) in [6.07, 6.45) is 6.15. The van der Waals surface area contributed by atoms with E-state index in [0.717, 1.165) is 25.9 Å². The van der Waals surface area contributed by atoms with Crippen LogP contribution in [0, 0.1) is 0 Å². The highest BCUT2D eigenvalue weighted by Crippen LogP contribution is 2.39. The van der Waals surface area contributed by atoms with Crippen molar-refractivity contribution in [1.29, 1.82) is 0 Å². The normalized spacial score (nSPS) is 17.0. The molecule has 0 saturated carbocycles. The van der Waals surface area contributed by atoms with E-state index in [2.05, 4.69) is 59.4 Å². The standard InChI is InChI=1S/C18H23N3/c1-3-9-19-12-16-8-10-20-13-18(16)21-14(2)11-15-6-4-5-7-17(15)21/h4-8,10,13-14,19H,3,9,11-12H2,1-2H3. The minimum atomic E-state index is 0.483. The fraction of sp³-hybridized carbons (Fsp3) is 0.389. The van der Waals surface area contributed by atoms with Crippen LogP contribution in [0.1, 0.15) is 31.4 Å². The van der Waals surface area contributed by atoms with E-state index in [1.807, 2.05) is 12.4 Å². The monoisotopic (exact) mass is 281 g/mol. The molecule has 0 aliphatic carbocycles. The molecule has 1 aliphatic rings. The van der Waals surface area contributed by atoms with Crippen molar-refractivity contribution in [3.05, 3.63) is 53.9 Å². The summed E-state index contributed by atoms with van der Waals surface area (Å²) >= 11 is 0. The second-order valence-corrected chi connectivity index (χ2v) is 5.73. The third kappa shape index (κ3) is 2.79. The molecule has 21 heavy (non-hydrogen) atoms. The molecule has 0 bridgehead atoms. The summed E-state index contributed by atoms with van der Waals surface area (Å²) in [7, 11) is 0. The number of benzene rings is 1. The van der Waals surface area contributed by atoms with Gasteiger partial charge < -0.3 is 10.2 Å². The Morgan fingerprint density at radius 2 is 2.10 bits per heavy atom. The fourth-order valence-electron chi connectivity index (χ4n) is 3.11. The van der Waals surface area contributed by atoms with Gasteiger partial charge in [0.2, 0.25) is 0 Å². The maximum Gasteiger partial charge on any atom is 0.0645 e. The van der Waals surface area contributed by atoms with Gasteiger partial charge in [-0.2, -0.15) is 0 Å². The molecule has 1 N–H and O–H groups in total. The molecule has 2 heterocycles. The highest BCUT2D eigenvalue weighted by Gasteiger charge is 2.28. The van der Waals surface area contributed by atoms with Crippen LogP contribution in [0.15, 0.2) is 42.7 Å². The Morgan fingerprint density at radius 3 is 2.95 bits per heavy atom. The van der Waals surface area contributed by atoms with Crippen molar-refractivity contribution in [2.24, 2.45) is 0 Å². The van der Waals surface area contributed by atoms with E-state index in [1.54, 1.807) is 0 Å². The van der Waals surface area contributed by atoms with Crippen LogP contribution in [0.2, 0.25) is 0 Å². The maximum atomic E-state index is 4.36. The Kier molecular flexibility index (Phi) is 4.20. The Hall–Kier alpha value is -1.87. The van der Waals surface area contributed by atoms with Crippen molar-refractivity contribution in [3.63, 3.8) is 0 Å². The number of hydrogen-bond acceptors (Lipinski definition) is 3. The molecule has 1 aliphatic heterocycles. The average Bonchev–Trinajstić information content (AvgIpc) is 2.84.